The molecule has 6 heteroatoms. The summed E-state index contributed by atoms with van der Waals surface area (Å²) in [4.78, 5) is 12.0. The lowest BCUT2D eigenvalue weighted by Crippen LogP contribution is -2.30. The van der Waals surface area contributed by atoms with Crippen molar-refractivity contribution >= 4 is 5.91 Å². The average Bonchev–Trinajstić information content (AvgIpc) is 2.94. The first-order valence-electron chi connectivity index (χ1n) is 6.15. The average molecular weight is 276 g/mol. The summed E-state index contributed by atoms with van der Waals surface area (Å²) in [6, 6.07) is 10.3. The van der Waals surface area contributed by atoms with Crippen LogP contribution in [0.2, 0.25) is 0 Å². The Morgan fingerprint density at radius 3 is 2.85 bits per heavy atom. The van der Waals surface area contributed by atoms with Crippen LogP contribution < -0.4 is 5.32 Å². The molecule has 2 N–H and O–H groups in total. The molecule has 0 spiro atoms. The monoisotopic (exact) mass is 276 g/mol. The molecule has 1 heterocycles. The predicted octanol–water partition coefficient (Wildman–Crippen LogP) is 1.28. The summed E-state index contributed by atoms with van der Waals surface area (Å²) in [7, 11) is 1.53. The van der Waals surface area contributed by atoms with Gasteiger partial charge in [-0.05, 0) is 5.56 Å². The van der Waals surface area contributed by atoms with Crippen molar-refractivity contribution in [1.82, 2.24) is 10.5 Å². The molecule has 0 unspecified atom stereocenters. The van der Waals surface area contributed by atoms with Gasteiger partial charge in [-0.15, -0.1) is 0 Å². The Hall–Kier alpha value is -2.18. The molecule has 2 aromatic rings. The van der Waals surface area contributed by atoms with Gasteiger partial charge in [-0.25, -0.2) is 0 Å². The predicted molar refractivity (Wildman–Crippen MR) is 71.0 cm³/mol. The third kappa shape index (κ3) is 3.43. The first kappa shape index (κ1) is 14.2. The summed E-state index contributed by atoms with van der Waals surface area (Å²) in [5.41, 5.74) is 0.982. The minimum absolute atomic E-state index is 0.159. The first-order valence-corrected chi connectivity index (χ1v) is 6.15. The number of carbonyl (C=O) groups excluding carboxylic acids is 1. The molecule has 0 aliphatic rings. The number of aromatic nitrogens is 1. The van der Waals surface area contributed by atoms with Gasteiger partial charge >= 0.3 is 0 Å². The van der Waals surface area contributed by atoms with Crippen molar-refractivity contribution in [2.24, 2.45) is 0 Å². The van der Waals surface area contributed by atoms with E-state index < -0.39 is 11.9 Å². The molecular weight excluding hydrogens is 260 g/mol. The molecule has 106 valence electrons. The fourth-order valence-electron chi connectivity index (χ4n) is 1.78. The molecule has 0 radical (unpaired) electrons. The molecule has 2 rings (SSSR count). The number of benzene rings is 1. The molecule has 1 amide bonds. The molecule has 6 nitrogen and oxygen atoms in total. The largest absolute Gasteiger partial charge is 0.394 e. The van der Waals surface area contributed by atoms with Crippen LogP contribution in [0.5, 0.6) is 0 Å². The highest BCUT2D eigenvalue weighted by Gasteiger charge is 2.17. The Bertz CT molecular complexity index is 553. The van der Waals surface area contributed by atoms with E-state index in [4.69, 9.17) is 9.26 Å². The fraction of sp³-hybridized carbons (Fsp3) is 0.286. The van der Waals surface area contributed by atoms with E-state index in [0.717, 1.165) is 5.56 Å². The van der Waals surface area contributed by atoms with E-state index in [1.165, 1.54) is 13.2 Å². The van der Waals surface area contributed by atoms with Gasteiger partial charge in [0.1, 0.15) is 6.61 Å². The van der Waals surface area contributed by atoms with E-state index in [0.29, 0.717) is 5.76 Å². The van der Waals surface area contributed by atoms with Crippen molar-refractivity contribution in [1.29, 1.82) is 0 Å². The summed E-state index contributed by atoms with van der Waals surface area (Å²) in [5, 5.41) is 15.8. The number of nitrogens with zero attached hydrogens (tertiary/aromatic N) is 1. The van der Waals surface area contributed by atoms with Crippen LogP contribution in [0.4, 0.5) is 0 Å². The minimum Gasteiger partial charge on any atom is -0.394 e. The van der Waals surface area contributed by atoms with Gasteiger partial charge in [0.05, 0.1) is 12.6 Å². The summed E-state index contributed by atoms with van der Waals surface area (Å²) < 4.78 is 9.84. The topological polar surface area (TPSA) is 84.6 Å². The van der Waals surface area contributed by atoms with Crippen LogP contribution in [0.25, 0.3) is 0 Å². The van der Waals surface area contributed by atoms with Gasteiger partial charge in [0.2, 0.25) is 0 Å². The SMILES string of the molecule is COCc1cc(C(=O)N[C@@H](CO)c2ccccc2)no1. The Morgan fingerprint density at radius 1 is 1.45 bits per heavy atom. The van der Waals surface area contributed by atoms with Gasteiger partial charge < -0.3 is 19.7 Å². The Balaban J connectivity index is 2.05. The molecule has 0 saturated heterocycles. The second-order valence-corrected chi connectivity index (χ2v) is 4.23. The number of carbonyl (C=O) groups is 1. The van der Waals surface area contributed by atoms with Crippen LogP contribution in [0.1, 0.15) is 27.9 Å². The minimum atomic E-state index is -0.480. The van der Waals surface area contributed by atoms with E-state index in [1.807, 2.05) is 30.3 Å². The van der Waals surface area contributed by atoms with E-state index >= 15 is 0 Å². The zero-order valence-electron chi connectivity index (χ0n) is 11.1. The molecule has 1 aromatic carbocycles. The number of aliphatic hydroxyl groups is 1. The maximum Gasteiger partial charge on any atom is 0.274 e. The van der Waals surface area contributed by atoms with E-state index in [2.05, 4.69) is 10.5 Å². The number of ether oxygens (including phenoxy) is 1. The summed E-state index contributed by atoms with van der Waals surface area (Å²) in [5.74, 6) is 0.0666. The van der Waals surface area contributed by atoms with Crippen LogP contribution in [-0.2, 0) is 11.3 Å². The van der Waals surface area contributed by atoms with Gasteiger partial charge in [0.25, 0.3) is 5.91 Å². The van der Waals surface area contributed by atoms with Crippen molar-refractivity contribution in [3.63, 3.8) is 0 Å². The molecule has 20 heavy (non-hydrogen) atoms. The van der Waals surface area contributed by atoms with Gasteiger partial charge in [0.15, 0.2) is 11.5 Å². The first-order chi connectivity index (χ1) is 9.74. The highest BCUT2D eigenvalue weighted by Crippen LogP contribution is 2.13. The van der Waals surface area contributed by atoms with E-state index in [9.17, 15) is 9.90 Å². The molecule has 0 fully saturated rings. The maximum absolute atomic E-state index is 12.0. The Kier molecular flexibility index (Phi) is 4.86. The third-order valence-electron chi connectivity index (χ3n) is 2.77. The second kappa shape index (κ2) is 6.83. The number of rotatable bonds is 6. The number of amides is 1. The van der Waals surface area contributed by atoms with Crippen LogP contribution in [-0.4, -0.2) is 29.9 Å². The summed E-state index contributed by atoms with van der Waals surface area (Å²) in [6.07, 6.45) is 0. The number of hydrogen-bond donors (Lipinski definition) is 2. The normalized spacial score (nSPS) is 12.1. The number of aliphatic hydroxyl groups excluding tert-OH is 1. The Labute approximate surface area is 116 Å². The van der Waals surface area contributed by atoms with Crippen LogP contribution in [0, 0.1) is 0 Å². The van der Waals surface area contributed by atoms with Crippen molar-refractivity contribution in [3.8, 4) is 0 Å². The second-order valence-electron chi connectivity index (χ2n) is 4.23. The zero-order valence-corrected chi connectivity index (χ0v) is 11.1. The smallest absolute Gasteiger partial charge is 0.274 e. The van der Waals surface area contributed by atoms with Crippen LogP contribution in [0.15, 0.2) is 40.9 Å². The lowest BCUT2D eigenvalue weighted by molar-refractivity contribution is 0.0906. The maximum atomic E-state index is 12.0. The Morgan fingerprint density at radius 2 is 2.20 bits per heavy atom. The lowest BCUT2D eigenvalue weighted by atomic mass is 10.1. The molecule has 0 bridgehead atoms. The number of methoxy groups -OCH3 is 1. The van der Waals surface area contributed by atoms with Gasteiger partial charge in [-0.1, -0.05) is 35.5 Å². The summed E-state index contributed by atoms with van der Waals surface area (Å²) >= 11 is 0. The van der Waals surface area contributed by atoms with Crippen molar-refractivity contribution in [2.45, 2.75) is 12.6 Å². The molecule has 0 aliphatic heterocycles. The fourth-order valence-corrected chi connectivity index (χ4v) is 1.78. The van der Waals surface area contributed by atoms with Crippen LogP contribution in [0.3, 0.4) is 0 Å². The molecule has 0 saturated carbocycles. The molecular formula is C14H16N2O4. The van der Waals surface area contributed by atoms with Crippen molar-refractivity contribution in [2.75, 3.05) is 13.7 Å². The number of nitrogens with one attached hydrogen (secondary N) is 1. The van der Waals surface area contributed by atoms with Crippen molar-refractivity contribution < 1.29 is 19.2 Å². The standard InChI is InChI=1S/C14H16N2O4/c1-19-9-11-7-12(16-20-11)14(18)15-13(8-17)10-5-3-2-4-6-10/h2-7,13,17H,8-9H2,1H3,(H,15,18)/t13-/m0/s1. The van der Waals surface area contributed by atoms with E-state index in [-0.39, 0.29) is 18.9 Å². The van der Waals surface area contributed by atoms with Crippen molar-refractivity contribution in [3.05, 3.63) is 53.4 Å². The summed E-state index contributed by atoms with van der Waals surface area (Å²) in [6.45, 7) is 0.0565. The molecule has 0 aliphatic carbocycles. The van der Waals surface area contributed by atoms with E-state index in [1.54, 1.807) is 0 Å². The third-order valence-corrected chi connectivity index (χ3v) is 2.77. The lowest BCUT2D eigenvalue weighted by Gasteiger charge is -2.15. The van der Waals surface area contributed by atoms with Gasteiger partial charge in [0, 0.05) is 13.2 Å². The highest BCUT2D eigenvalue weighted by atomic mass is 16.5. The number of hydrogen-bond acceptors (Lipinski definition) is 5. The molecule has 1 atom stereocenters. The van der Waals surface area contributed by atoms with Crippen LogP contribution >= 0.6 is 0 Å². The van der Waals surface area contributed by atoms with Gasteiger partial charge in [-0.2, -0.15) is 0 Å². The zero-order chi connectivity index (χ0) is 14.4. The molecule has 1 aromatic heterocycles. The highest BCUT2D eigenvalue weighted by molar-refractivity contribution is 5.92. The van der Waals surface area contributed by atoms with Gasteiger partial charge in [-0.3, -0.25) is 4.79 Å². The quantitative estimate of drug-likeness (QED) is 0.830.